The molecule has 0 saturated heterocycles. The predicted octanol–water partition coefficient (Wildman–Crippen LogP) is 2.05. The van der Waals surface area contributed by atoms with E-state index < -0.39 is 0 Å². The van der Waals surface area contributed by atoms with E-state index >= 15 is 0 Å². The van der Waals surface area contributed by atoms with E-state index in [-0.39, 0.29) is 11.7 Å². The van der Waals surface area contributed by atoms with Crippen molar-refractivity contribution in [2.45, 2.75) is 13.1 Å². The van der Waals surface area contributed by atoms with E-state index in [0.717, 1.165) is 30.9 Å². The molecule has 23 heavy (non-hydrogen) atoms. The number of benzene rings is 2. The molecular weight excluding hydrogens is 293 g/mol. The van der Waals surface area contributed by atoms with Crippen LogP contribution in [0.15, 0.2) is 48.5 Å². The van der Waals surface area contributed by atoms with Crippen LogP contribution in [0.3, 0.4) is 0 Å². The zero-order valence-corrected chi connectivity index (χ0v) is 12.9. The van der Waals surface area contributed by atoms with Crippen molar-refractivity contribution < 1.29 is 9.18 Å². The highest BCUT2D eigenvalue weighted by Crippen LogP contribution is 2.21. The molecule has 0 aliphatic carbocycles. The molecule has 5 heteroatoms. The van der Waals surface area contributed by atoms with Crippen molar-refractivity contribution in [2.75, 3.05) is 24.5 Å². The third-order valence-corrected chi connectivity index (χ3v) is 3.94. The van der Waals surface area contributed by atoms with Gasteiger partial charge in [-0.1, -0.05) is 30.3 Å². The Morgan fingerprint density at radius 3 is 2.78 bits per heavy atom. The van der Waals surface area contributed by atoms with Crippen LogP contribution >= 0.6 is 0 Å². The van der Waals surface area contributed by atoms with Crippen LogP contribution in [0.25, 0.3) is 0 Å². The third-order valence-electron chi connectivity index (χ3n) is 3.94. The van der Waals surface area contributed by atoms with Crippen LogP contribution < -0.4 is 15.5 Å². The van der Waals surface area contributed by atoms with Crippen molar-refractivity contribution in [3.8, 4) is 0 Å². The maximum Gasteiger partial charge on any atom is 0.239 e. The summed E-state index contributed by atoms with van der Waals surface area (Å²) in [5.74, 6) is -0.306. The summed E-state index contributed by atoms with van der Waals surface area (Å²) in [6, 6.07) is 14.3. The summed E-state index contributed by atoms with van der Waals surface area (Å²) in [5.41, 5.74) is 3.20. The number of anilines is 1. The summed E-state index contributed by atoms with van der Waals surface area (Å²) < 4.78 is 12.9. The predicted molar refractivity (Wildman–Crippen MR) is 88.6 cm³/mol. The minimum atomic E-state index is -0.270. The fourth-order valence-electron chi connectivity index (χ4n) is 2.72. The van der Waals surface area contributed by atoms with Gasteiger partial charge < -0.3 is 15.5 Å². The minimum Gasteiger partial charge on any atom is -0.361 e. The van der Waals surface area contributed by atoms with Gasteiger partial charge in [-0.15, -0.1) is 0 Å². The molecule has 0 bridgehead atoms. The van der Waals surface area contributed by atoms with E-state index in [1.165, 1.54) is 17.7 Å². The molecule has 2 aromatic carbocycles. The first kappa shape index (κ1) is 15.5. The first-order valence-corrected chi connectivity index (χ1v) is 7.77. The molecule has 120 valence electrons. The number of rotatable bonds is 4. The molecule has 0 saturated carbocycles. The third kappa shape index (κ3) is 4.07. The van der Waals surface area contributed by atoms with Crippen molar-refractivity contribution in [2.24, 2.45) is 0 Å². The molecule has 0 spiro atoms. The second kappa shape index (κ2) is 7.24. The first-order valence-electron chi connectivity index (χ1n) is 7.77. The number of nitrogens with zero attached hydrogens (tertiary/aromatic N) is 1. The molecule has 0 atom stereocenters. The number of carbonyl (C=O) groups is 1. The number of para-hydroxylation sites is 1. The van der Waals surface area contributed by atoms with Gasteiger partial charge in [0.05, 0.1) is 6.54 Å². The second-order valence-electron chi connectivity index (χ2n) is 5.63. The summed E-state index contributed by atoms with van der Waals surface area (Å²) in [6.45, 7) is 3.19. The van der Waals surface area contributed by atoms with E-state index in [0.29, 0.717) is 13.1 Å². The average molecular weight is 313 g/mol. The van der Waals surface area contributed by atoms with Crippen LogP contribution in [-0.4, -0.2) is 25.5 Å². The molecular formula is C18H20FN3O. The highest BCUT2D eigenvalue weighted by molar-refractivity contribution is 5.81. The molecule has 2 N–H and O–H groups in total. The molecule has 3 rings (SSSR count). The molecule has 0 radical (unpaired) electrons. The molecule has 1 heterocycles. The lowest BCUT2D eigenvalue weighted by molar-refractivity contribution is -0.119. The topological polar surface area (TPSA) is 44.4 Å². The number of carbonyl (C=O) groups excluding carboxylic acids is 1. The van der Waals surface area contributed by atoms with Crippen molar-refractivity contribution in [1.29, 1.82) is 0 Å². The Morgan fingerprint density at radius 2 is 1.96 bits per heavy atom. The van der Waals surface area contributed by atoms with Crippen molar-refractivity contribution in [3.63, 3.8) is 0 Å². The van der Waals surface area contributed by atoms with Gasteiger partial charge in [-0.3, -0.25) is 4.79 Å². The maximum atomic E-state index is 12.9. The number of amides is 1. The van der Waals surface area contributed by atoms with Gasteiger partial charge in [0.15, 0.2) is 0 Å². The Morgan fingerprint density at radius 1 is 1.17 bits per heavy atom. The summed E-state index contributed by atoms with van der Waals surface area (Å²) in [5, 5.41) is 6.25. The molecule has 0 aromatic heterocycles. The van der Waals surface area contributed by atoms with Gasteiger partial charge in [-0.25, -0.2) is 4.39 Å². The summed E-state index contributed by atoms with van der Waals surface area (Å²) in [6.07, 6.45) is 0. The van der Waals surface area contributed by atoms with Crippen molar-refractivity contribution in [3.05, 3.63) is 65.5 Å². The zero-order valence-electron chi connectivity index (χ0n) is 12.9. The minimum absolute atomic E-state index is 0.0361. The lowest BCUT2D eigenvalue weighted by atomic mass is 10.1. The van der Waals surface area contributed by atoms with Gasteiger partial charge in [-0.05, 0) is 29.3 Å². The Labute approximate surface area is 135 Å². The number of hydrogen-bond donors (Lipinski definition) is 2. The molecule has 2 aromatic rings. The van der Waals surface area contributed by atoms with Crippen molar-refractivity contribution >= 4 is 11.6 Å². The van der Waals surface area contributed by atoms with Gasteiger partial charge >= 0.3 is 0 Å². The van der Waals surface area contributed by atoms with Gasteiger partial charge in [0.1, 0.15) is 5.82 Å². The lowest BCUT2D eigenvalue weighted by Crippen LogP contribution is -2.39. The fraction of sp³-hybridized carbons (Fsp3) is 0.278. The highest BCUT2D eigenvalue weighted by atomic mass is 19.1. The van der Waals surface area contributed by atoms with Gasteiger partial charge in [0.2, 0.25) is 5.91 Å². The van der Waals surface area contributed by atoms with E-state index in [1.54, 1.807) is 12.1 Å². The molecule has 1 aliphatic heterocycles. The second-order valence-corrected chi connectivity index (χ2v) is 5.63. The van der Waals surface area contributed by atoms with E-state index in [9.17, 15) is 9.18 Å². The number of halogens is 1. The average Bonchev–Trinajstić information content (AvgIpc) is 2.77. The van der Waals surface area contributed by atoms with Gasteiger partial charge in [-0.2, -0.15) is 0 Å². The molecule has 0 fully saturated rings. The molecule has 4 nitrogen and oxygen atoms in total. The van der Waals surface area contributed by atoms with Crippen LogP contribution in [0, 0.1) is 5.82 Å². The van der Waals surface area contributed by atoms with Crippen LogP contribution in [0.2, 0.25) is 0 Å². The Bertz CT molecular complexity index is 672. The quantitative estimate of drug-likeness (QED) is 0.908. The monoisotopic (exact) mass is 313 g/mol. The number of hydrogen-bond acceptors (Lipinski definition) is 3. The van der Waals surface area contributed by atoms with E-state index in [2.05, 4.69) is 27.7 Å². The smallest absolute Gasteiger partial charge is 0.239 e. The SMILES string of the molecule is O=C(CN1CCNCc2ccccc21)NCc1ccc(F)cc1. The Balaban J connectivity index is 1.60. The van der Waals surface area contributed by atoms with Gasteiger partial charge in [0.25, 0.3) is 0 Å². The standard InChI is InChI=1S/C18H20FN3O/c19-16-7-5-14(6-8-16)11-21-18(23)13-22-10-9-20-12-15-3-1-2-4-17(15)22/h1-8,20H,9-13H2,(H,21,23). The maximum absolute atomic E-state index is 12.9. The van der Waals surface area contributed by atoms with Crippen LogP contribution in [0.4, 0.5) is 10.1 Å². The normalized spacial score (nSPS) is 14.0. The highest BCUT2D eigenvalue weighted by Gasteiger charge is 2.16. The largest absolute Gasteiger partial charge is 0.361 e. The first-order chi connectivity index (χ1) is 11.2. The van der Waals surface area contributed by atoms with E-state index in [4.69, 9.17) is 0 Å². The molecule has 1 amide bonds. The summed E-state index contributed by atoms with van der Waals surface area (Å²) in [7, 11) is 0. The fourth-order valence-corrected chi connectivity index (χ4v) is 2.72. The Hall–Kier alpha value is -2.40. The van der Waals surface area contributed by atoms with Crippen LogP contribution in [-0.2, 0) is 17.9 Å². The summed E-state index contributed by atoms with van der Waals surface area (Å²) >= 11 is 0. The van der Waals surface area contributed by atoms with E-state index in [1.807, 2.05) is 12.1 Å². The zero-order chi connectivity index (χ0) is 16.1. The van der Waals surface area contributed by atoms with Crippen molar-refractivity contribution in [1.82, 2.24) is 10.6 Å². The van der Waals surface area contributed by atoms with Crippen LogP contribution in [0.5, 0.6) is 0 Å². The number of fused-ring (bicyclic) bond motifs is 1. The number of nitrogens with one attached hydrogen (secondary N) is 2. The Kier molecular flexibility index (Phi) is 4.88. The molecule has 0 unspecified atom stereocenters. The lowest BCUT2D eigenvalue weighted by Gasteiger charge is -2.23. The molecule has 1 aliphatic rings. The van der Waals surface area contributed by atoms with Crippen LogP contribution in [0.1, 0.15) is 11.1 Å². The summed E-state index contributed by atoms with van der Waals surface area (Å²) in [4.78, 5) is 14.3. The van der Waals surface area contributed by atoms with Gasteiger partial charge in [0, 0.05) is 31.9 Å².